The lowest BCUT2D eigenvalue weighted by Crippen LogP contribution is -2.08. The molecule has 0 spiro atoms. The lowest BCUT2D eigenvalue weighted by molar-refractivity contribution is -0.120. The number of rotatable bonds is 10. The summed E-state index contributed by atoms with van der Waals surface area (Å²) >= 11 is 0. The Bertz CT molecular complexity index is 392. The van der Waals surface area contributed by atoms with Gasteiger partial charge in [0.25, 0.3) is 0 Å². The number of carbonyl (C=O) groups is 1. The van der Waals surface area contributed by atoms with Gasteiger partial charge in [-0.1, -0.05) is 41.9 Å². The van der Waals surface area contributed by atoms with E-state index in [4.69, 9.17) is 0 Å². The summed E-state index contributed by atoms with van der Waals surface area (Å²) in [4.78, 5) is 11.4. The number of hydrogen-bond acceptors (Lipinski definition) is 1. The van der Waals surface area contributed by atoms with Crippen LogP contribution in [0.2, 0.25) is 0 Å². The zero-order chi connectivity index (χ0) is 16.3. The van der Waals surface area contributed by atoms with E-state index in [1.807, 2.05) is 0 Å². The zero-order valence-corrected chi connectivity index (χ0v) is 15.0. The van der Waals surface area contributed by atoms with Crippen molar-refractivity contribution in [1.29, 1.82) is 0 Å². The minimum absolute atomic E-state index is 0.210. The maximum Gasteiger partial charge on any atom is 0.133 e. The molecule has 1 unspecified atom stereocenters. The van der Waals surface area contributed by atoms with E-state index in [0.717, 1.165) is 38.5 Å². The van der Waals surface area contributed by atoms with Crippen molar-refractivity contribution in [3.05, 3.63) is 34.9 Å². The van der Waals surface area contributed by atoms with Gasteiger partial charge in [-0.2, -0.15) is 0 Å². The van der Waals surface area contributed by atoms with Crippen LogP contribution in [-0.4, -0.2) is 5.78 Å². The van der Waals surface area contributed by atoms with Crippen molar-refractivity contribution in [2.45, 2.75) is 80.1 Å². The van der Waals surface area contributed by atoms with Crippen LogP contribution < -0.4 is 0 Å². The van der Waals surface area contributed by atoms with Crippen LogP contribution in [0.15, 0.2) is 34.9 Å². The van der Waals surface area contributed by atoms with Gasteiger partial charge in [0.15, 0.2) is 0 Å². The molecule has 0 aromatic rings. The SMILES string of the molecule is CCC(CC=C(C)CCC=C(C)CCC=C(C)C)C(C)=O. The number of allylic oxidation sites excluding steroid dienone is 6. The molecule has 0 amide bonds. The molecule has 0 aliphatic rings. The van der Waals surface area contributed by atoms with Crippen LogP contribution in [0.5, 0.6) is 0 Å². The quantitative estimate of drug-likeness (QED) is 0.425. The van der Waals surface area contributed by atoms with Crippen molar-refractivity contribution >= 4 is 5.78 Å². The zero-order valence-electron chi connectivity index (χ0n) is 15.0. The van der Waals surface area contributed by atoms with Crippen molar-refractivity contribution in [3.8, 4) is 0 Å². The third-order valence-electron chi connectivity index (χ3n) is 3.94. The summed E-state index contributed by atoms with van der Waals surface area (Å²) in [5.41, 5.74) is 4.29. The van der Waals surface area contributed by atoms with Gasteiger partial charge in [-0.05, 0) is 73.1 Å². The highest BCUT2D eigenvalue weighted by Gasteiger charge is 2.09. The van der Waals surface area contributed by atoms with Crippen LogP contribution in [0.1, 0.15) is 80.1 Å². The maximum atomic E-state index is 11.4. The standard InChI is InChI=1S/C20H34O/c1-7-20(19(6)21)15-14-18(5)13-9-12-17(4)11-8-10-16(2)3/h10,12,14,20H,7-9,11,13,15H2,1-6H3. The van der Waals surface area contributed by atoms with Crippen molar-refractivity contribution in [3.63, 3.8) is 0 Å². The first kappa shape index (κ1) is 19.9. The third kappa shape index (κ3) is 11.2. The van der Waals surface area contributed by atoms with Gasteiger partial charge >= 0.3 is 0 Å². The Labute approximate surface area is 132 Å². The molecule has 0 aliphatic carbocycles. The second-order valence-electron chi connectivity index (χ2n) is 6.41. The molecule has 0 heterocycles. The highest BCUT2D eigenvalue weighted by atomic mass is 16.1. The topological polar surface area (TPSA) is 17.1 Å². The average Bonchev–Trinajstić information content (AvgIpc) is 2.38. The first-order chi connectivity index (χ1) is 9.86. The third-order valence-corrected chi connectivity index (χ3v) is 3.94. The van der Waals surface area contributed by atoms with Gasteiger partial charge in [0, 0.05) is 5.92 Å². The van der Waals surface area contributed by atoms with E-state index in [1.54, 1.807) is 6.92 Å². The number of ketones is 1. The fourth-order valence-corrected chi connectivity index (χ4v) is 2.30. The molecule has 1 heteroatoms. The van der Waals surface area contributed by atoms with E-state index >= 15 is 0 Å². The summed E-state index contributed by atoms with van der Waals surface area (Å²) in [5.74, 6) is 0.526. The van der Waals surface area contributed by atoms with Crippen molar-refractivity contribution in [2.75, 3.05) is 0 Å². The molecule has 0 rings (SSSR count). The predicted octanol–water partition coefficient (Wildman–Crippen LogP) is 6.41. The van der Waals surface area contributed by atoms with E-state index in [1.165, 1.54) is 16.7 Å². The van der Waals surface area contributed by atoms with Crippen LogP contribution in [0.3, 0.4) is 0 Å². The average molecular weight is 290 g/mol. The second-order valence-corrected chi connectivity index (χ2v) is 6.41. The van der Waals surface area contributed by atoms with E-state index in [0.29, 0.717) is 5.78 Å². The molecule has 0 aromatic carbocycles. The molecule has 120 valence electrons. The number of hydrogen-bond donors (Lipinski definition) is 0. The lowest BCUT2D eigenvalue weighted by Gasteiger charge is -2.08. The molecule has 1 atom stereocenters. The summed E-state index contributed by atoms with van der Waals surface area (Å²) in [5, 5.41) is 0. The Morgan fingerprint density at radius 2 is 1.38 bits per heavy atom. The summed E-state index contributed by atoms with van der Waals surface area (Å²) < 4.78 is 0. The molecule has 0 N–H and O–H groups in total. The second kappa shape index (κ2) is 11.5. The van der Waals surface area contributed by atoms with E-state index in [9.17, 15) is 4.79 Å². The van der Waals surface area contributed by atoms with Gasteiger partial charge in [0.1, 0.15) is 5.78 Å². The smallest absolute Gasteiger partial charge is 0.133 e. The normalized spacial score (nSPS) is 14.0. The van der Waals surface area contributed by atoms with E-state index in [-0.39, 0.29) is 5.92 Å². The minimum atomic E-state index is 0.210. The van der Waals surface area contributed by atoms with Crippen LogP contribution in [0.4, 0.5) is 0 Å². The largest absolute Gasteiger partial charge is 0.300 e. The van der Waals surface area contributed by atoms with Crippen LogP contribution in [0.25, 0.3) is 0 Å². The monoisotopic (exact) mass is 290 g/mol. The van der Waals surface area contributed by atoms with E-state index < -0.39 is 0 Å². The predicted molar refractivity (Wildman–Crippen MR) is 94.5 cm³/mol. The highest BCUT2D eigenvalue weighted by molar-refractivity contribution is 5.78. The molecule has 0 aromatic heterocycles. The van der Waals surface area contributed by atoms with Crippen LogP contribution in [0, 0.1) is 5.92 Å². The molecule has 0 radical (unpaired) electrons. The number of Topliss-reactive ketones (excluding diaryl/α,β-unsaturated/α-hetero) is 1. The molecule has 0 saturated heterocycles. The Morgan fingerprint density at radius 3 is 1.86 bits per heavy atom. The molecule has 1 nitrogen and oxygen atoms in total. The maximum absolute atomic E-state index is 11.4. The summed E-state index contributed by atoms with van der Waals surface area (Å²) in [6.07, 6.45) is 13.3. The molecular formula is C20H34O. The van der Waals surface area contributed by atoms with Crippen molar-refractivity contribution in [2.24, 2.45) is 5.92 Å². The van der Waals surface area contributed by atoms with Gasteiger partial charge in [-0.25, -0.2) is 0 Å². The van der Waals surface area contributed by atoms with E-state index in [2.05, 4.69) is 52.8 Å². The van der Waals surface area contributed by atoms with Gasteiger partial charge in [-0.3, -0.25) is 4.79 Å². The fourth-order valence-electron chi connectivity index (χ4n) is 2.30. The first-order valence-corrected chi connectivity index (χ1v) is 8.31. The van der Waals surface area contributed by atoms with Gasteiger partial charge in [0.2, 0.25) is 0 Å². The summed E-state index contributed by atoms with van der Waals surface area (Å²) in [6.45, 7) is 12.5. The lowest BCUT2D eigenvalue weighted by atomic mass is 9.96. The molecule has 0 fully saturated rings. The van der Waals surface area contributed by atoms with Crippen molar-refractivity contribution < 1.29 is 4.79 Å². The highest BCUT2D eigenvalue weighted by Crippen LogP contribution is 2.15. The summed E-state index contributed by atoms with van der Waals surface area (Å²) in [6, 6.07) is 0. The van der Waals surface area contributed by atoms with Gasteiger partial charge in [0.05, 0.1) is 0 Å². The van der Waals surface area contributed by atoms with Crippen molar-refractivity contribution in [1.82, 2.24) is 0 Å². The molecule has 0 bridgehead atoms. The Hall–Kier alpha value is -1.11. The van der Waals surface area contributed by atoms with Gasteiger partial charge < -0.3 is 0 Å². The molecule has 0 saturated carbocycles. The summed E-state index contributed by atoms with van der Waals surface area (Å²) in [7, 11) is 0. The van der Waals surface area contributed by atoms with Crippen LogP contribution >= 0.6 is 0 Å². The molecule has 0 aliphatic heterocycles. The van der Waals surface area contributed by atoms with Crippen LogP contribution in [-0.2, 0) is 4.79 Å². The Morgan fingerprint density at radius 1 is 0.857 bits per heavy atom. The Kier molecular flexibility index (Phi) is 10.9. The first-order valence-electron chi connectivity index (χ1n) is 8.31. The molecular weight excluding hydrogens is 256 g/mol. The van der Waals surface area contributed by atoms with Gasteiger partial charge in [-0.15, -0.1) is 0 Å². The Balaban J connectivity index is 4.09. The fraction of sp³-hybridized carbons (Fsp3) is 0.650. The number of carbonyl (C=O) groups excluding carboxylic acids is 1. The minimum Gasteiger partial charge on any atom is -0.300 e. The molecule has 21 heavy (non-hydrogen) atoms.